The quantitative estimate of drug-likeness (QED) is 0.820. The van der Waals surface area contributed by atoms with Crippen molar-refractivity contribution in [2.24, 2.45) is 23.7 Å². The third-order valence-corrected chi connectivity index (χ3v) is 4.46. The number of hydrogen-bond donors (Lipinski definition) is 2. The molecule has 5 nitrogen and oxygen atoms in total. The summed E-state index contributed by atoms with van der Waals surface area (Å²) in [5, 5.41) is 12.0. The minimum Gasteiger partial charge on any atom is -0.481 e. The van der Waals surface area contributed by atoms with Crippen molar-refractivity contribution < 1.29 is 14.7 Å². The molecular weight excluding hydrogens is 268 g/mol. The Balaban J connectivity index is 2.57. The lowest BCUT2D eigenvalue weighted by molar-refractivity contribution is -0.142. The summed E-state index contributed by atoms with van der Waals surface area (Å²) in [6.07, 6.45) is 1.72. The first kappa shape index (κ1) is 17.8. The number of carbonyl (C=O) groups is 2. The van der Waals surface area contributed by atoms with E-state index in [1.54, 1.807) is 0 Å². The SMILES string of the molecule is CC(C)CC(CNC(=O)N1CC(C)CC(C)C1C)C(=O)O. The molecule has 1 heterocycles. The second kappa shape index (κ2) is 7.66. The minimum absolute atomic E-state index is 0.129. The van der Waals surface area contributed by atoms with Crippen molar-refractivity contribution in [1.82, 2.24) is 10.2 Å². The van der Waals surface area contributed by atoms with Gasteiger partial charge in [-0.2, -0.15) is 0 Å². The summed E-state index contributed by atoms with van der Waals surface area (Å²) in [6, 6.07) is 0.0745. The smallest absolute Gasteiger partial charge is 0.317 e. The minimum atomic E-state index is -0.836. The molecule has 0 aliphatic carbocycles. The first-order valence-electron chi connectivity index (χ1n) is 7.99. The molecule has 1 rings (SSSR count). The summed E-state index contributed by atoms with van der Waals surface area (Å²) in [5.41, 5.74) is 0. The second-order valence-corrected chi connectivity index (χ2v) is 7.06. The maximum Gasteiger partial charge on any atom is 0.317 e. The van der Waals surface area contributed by atoms with E-state index >= 15 is 0 Å². The van der Waals surface area contributed by atoms with Crippen LogP contribution in [0.15, 0.2) is 0 Å². The van der Waals surface area contributed by atoms with Crippen LogP contribution in [0, 0.1) is 23.7 Å². The number of urea groups is 1. The van der Waals surface area contributed by atoms with Gasteiger partial charge in [-0.15, -0.1) is 0 Å². The second-order valence-electron chi connectivity index (χ2n) is 7.06. The standard InChI is InChI=1S/C16H30N2O3/c1-10(2)6-14(15(19)20)8-17-16(21)18-9-11(3)7-12(4)13(18)5/h10-14H,6-9H2,1-5H3,(H,17,21)(H,19,20). The van der Waals surface area contributed by atoms with Crippen molar-refractivity contribution in [3.63, 3.8) is 0 Å². The molecule has 1 fully saturated rings. The predicted octanol–water partition coefficient (Wildman–Crippen LogP) is 2.81. The number of likely N-dealkylation sites (tertiary alicyclic amines) is 1. The van der Waals surface area contributed by atoms with E-state index in [4.69, 9.17) is 0 Å². The predicted molar refractivity (Wildman–Crippen MR) is 83.1 cm³/mol. The first-order chi connectivity index (χ1) is 9.72. The molecule has 0 aromatic rings. The molecule has 1 aliphatic rings. The summed E-state index contributed by atoms with van der Waals surface area (Å²) in [4.78, 5) is 25.4. The Morgan fingerprint density at radius 3 is 2.43 bits per heavy atom. The number of carbonyl (C=O) groups excluding carboxylic acids is 1. The average Bonchev–Trinajstić information content (AvgIpc) is 2.37. The van der Waals surface area contributed by atoms with E-state index < -0.39 is 11.9 Å². The van der Waals surface area contributed by atoms with Crippen LogP contribution >= 0.6 is 0 Å². The van der Waals surface area contributed by atoms with Crippen LogP contribution in [0.3, 0.4) is 0 Å². The molecule has 0 spiro atoms. The number of nitrogens with zero attached hydrogens (tertiary/aromatic N) is 1. The third kappa shape index (κ3) is 5.21. The molecule has 0 bridgehead atoms. The van der Waals surface area contributed by atoms with E-state index in [0.717, 1.165) is 13.0 Å². The summed E-state index contributed by atoms with van der Waals surface area (Å²) < 4.78 is 0. The largest absolute Gasteiger partial charge is 0.481 e. The Morgan fingerprint density at radius 2 is 1.90 bits per heavy atom. The van der Waals surface area contributed by atoms with Crippen LogP contribution in [0.4, 0.5) is 4.79 Å². The molecule has 0 aromatic heterocycles. The molecule has 4 unspecified atom stereocenters. The fourth-order valence-corrected chi connectivity index (χ4v) is 3.14. The molecule has 122 valence electrons. The molecule has 0 saturated carbocycles. The first-order valence-corrected chi connectivity index (χ1v) is 7.99. The third-order valence-electron chi connectivity index (χ3n) is 4.46. The number of piperidine rings is 1. The van der Waals surface area contributed by atoms with Crippen molar-refractivity contribution in [2.75, 3.05) is 13.1 Å². The van der Waals surface area contributed by atoms with E-state index in [1.165, 1.54) is 0 Å². The van der Waals surface area contributed by atoms with Gasteiger partial charge in [0, 0.05) is 19.1 Å². The number of nitrogens with one attached hydrogen (secondary N) is 1. The molecule has 21 heavy (non-hydrogen) atoms. The van der Waals surface area contributed by atoms with Gasteiger partial charge in [0.1, 0.15) is 0 Å². The lowest BCUT2D eigenvalue weighted by atomic mass is 9.86. The highest BCUT2D eigenvalue weighted by Crippen LogP contribution is 2.26. The van der Waals surface area contributed by atoms with Crippen molar-refractivity contribution >= 4 is 12.0 Å². The maximum absolute atomic E-state index is 12.3. The van der Waals surface area contributed by atoms with Gasteiger partial charge in [0.2, 0.25) is 0 Å². The van der Waals surface area contributed by atoms with Crippen molar-refractivity contribution in [3.8, 4) is 0 Å². The zero-order valence-corrected chi connectivity index (χ0v) is 13.9. The molecule has 5 heteroatoms. The molecule has 1 aliphatic heterocycles. The van der Waals surface area contributed by atoms with Gasteiger partial charge >= 0.3 is 12.0 Å². The average molecular weight is 298 g/mol. The molecule has 4 atom stereocenters. The summed E-state index contributed by atoms with van der Waals surface area (Å²) in [5.74, 6) is -0.0726. The molecule has 2 N–H and O–H groups in total. The van der Waals surface area contributed by atoms with E-state index in [1.807, 2.05) is 18.7 Å². The monoisotopic (exact) mass is 298 g/mol. The molecular formula is C16H30N2O3. The topological polar surface area (TPSA) is 69.6 Å². The van der Waals surface area contributed by atoms with E-state index in [9.17, 15) is 14.7 Å². The Labute approximate surface area is 128 Å². The Hall–Kier alpha value is -1.26. The van der Waals surface area contributed by atoms with Crippen LogP contribution in [0.2, 0.25) is 0 Å². The van der Waals surface area contributed by atoms with Gasteiger partial charge in [-0.05, 0) is 37.5 Å². The Bertz CT molecular complexity index is 371. The van der Waals surface area contributed by atoms with Crippen LogP contribution in [0.5, 0.6) is 0 Å². The van der Waals surface area contributed by atoms with E-state index in [2.05, 4.69) is 26.1 Å². The van der Waals surface area contributed by atoms with Crippen LogP contribution in [-0.2, 0) is 4.79 Å². The van der Waals surface area contributed by atoms with E-state index in [0.29, 0.717) is 24.2 Å². The number of carboxylic acids is 1. The van der Waals surface area contributed by atoms with Crippen molar-refractivity contribution in [1.29, 1.82) is 0 Å². The van der Waals surface area contributed by atoms with Gasteiger partial charge in [0.05, 0.1) is 5.92 Å². The highest BCUT2D eigenvalue weighted by atomic mass is 16.4. The van der Waals surface area contributed by atoms with Gasteiger partial charge in [-0.25, -0.2) is 4.79 Å². The van der Waals surface area contributed by atoms with Crippen molar-refractivity contribution in [2.45, 2.75) is 53.5 Å². The van der Waals surface area contributed by atoms with Crippen LogP contribution < -0.4 is 5.32 Å². The number of aliphatic carboxylic acids is 1. The summed E-state index contributed by atoms with van der Waals surface area (Å²) >= 11 is 0. The lowest BCUT2D eigenvalue weighted by Crippen LogP contribution is -2.53. The normalized spacial score (nSPS) is 27.5. The van der Waals surface area contributed by atoms with Gasteiger partial charge < -0.3 is 15.3 Å². The van der Waals surface area contributed by atoms with Crippen LogP contribution in [0.1, 0.15) is 47.5 Å². The fraction of sp³-hybridized carbons (Fsp3) is 0.875. The Kier molecular flexibility index (Phi) is 6.49. The fourth-order valence-electron chi connectivity index (χ4n) is 3.14. The van der Waals surface area contributed by atoms with Gasteiger partial charge in [0.15, 0.2) is 0 Å². The highest BCUT2D eigenvalue weighted by Gasteiger charge is 2.32. The number of amides is 2. The van der Waals surface area contributed by atoms with Crippen molar-refractivity contribution in [3.05, 3.63) is 0 Å². The number of rotatable bonds is 5. The van der Waals surface area contributed by atoms with Gasteiger partial charge in [-0.3, -0.25) is 4.79 Å². The number of hydrogen-bond acceptors (Lipinski definition) is 2. The lowest BCUT2D eigenvalue weighted by Gasteiger charge is -2.41. The molecule has 1 saturated heterocycles. The molecule has 2 amide bonds. The Morgan fingerprint density at radius 1 is 1.29 bits per heavy atom. The molecule has 0 aromatic carbocycles. The molecule has 0 radical (unpaired) electrons. The summed E-state index contributed by atoms with van der Waals surface area (Å²) in [7, 11) is 0. The number of carboxylic acid groups (broad SMARTS) is 1. The zero-order chi connectivity index (χ0) is 16.2. The van der Waals surface area contributed by atoms with Gasteiger partial charge in [0.25, 0.3) is 0 Å². The van der Waals surface area contributed by atoms with Crippen LogP contribution in [-0.4, -0.2) is 41.1 Å². The highest BCUT2D eigenvalue weighted by molar-refractivity contribution is 5.76. The maximum atomic E-state index is 12.3. The summed E-state index contributed by atoms with van der Waals surface area (Å²) in [6.45, 7) is 11.3. The van der Waals surface area contributed by atoms with Gasteiger partial charge in [-0.1, -0.05) is 27.7 Å². The zero-order valence-electron chi connectivity index (χ0n) is 13.9. The van der Waals surface area contributed by atoms with Crippen LogP contribution in [0.25, 0.3) is 0 Å². The van der Waals surface area contributed by atoms with E-state index in [-0.39, 0.29) is 18.6 Å².